The van der Waals surface area contributed by atoms with Gasteiger partial charge in [-0.05, 0) is 25.1 Å². The summed E-state index contributed by atoms with van der Waals surface area (Å²) in [4.78, 5) is 37.2. The number of benzene rings is 1. The summed E-state index contributed by atoms with van der Waals surface area (Å²) in [5.41, 5.74) is 3.28. The van der Waals surface area contributed by atoms with Gasteiger partial charge in [0.05, 0.1) is 12.3 Å². The van der Waals surface area contributed by atoms with Crippen LogP contribution in [0.4, 0.5) is 10.5 Å². The lowest BCUT2D eigenvalue weighted by Crippen LogP contribution is -2.50. The maximum Gasteiger partial charge on any atom is 0.406 e. The molecule has 1 atom stereocenters. The SMILES string of the molecule is CCOC(=O)C1(OC(N)=O)C(=O)N(C)c2ccc(Cl)cc21. The van der Waals surface area contributed by atoms with E-state index in [1.54, 1.807) is 19.1 Å². The molecule has 112 valence electrons. The van der Waals surface area contributed by atoms with Crippen LogP contribution in [-0.4, -0.2) is 31.6 Å². The number of halogens is 1. The molecule has 1 heterocycles. The highest BCUT2D eigenvalue weighted by atomic mass is 35.5. The number of primary amides is 1. The second-order valence-corrected chi connectivity index (χ2v) is 4.78. The van der Waals surface area contributed by atoms with E-state index in [2.05, 4.69) is 0 Å². The standard InChI is InChI=1S/C13H13ClN2O5/c1-3-20-11(18)13(21-12(15)19)8-6-7(14)4-5-9(8)16(2)10(13)17/h4-6H,3H2,1-2H3,(H2,15,19). The average molecular weight is 313 g/mol. The number of fused-ring (bicyclic) bond motifs is 1. The number of carbonyl (C=O) groups is 3. The molecule has 2 amide bonds. The van der Waals surface area contributed by atoms with Crippen LogP contribution in [0.1, 0.15) is 12.5 Å². The predicted octanol–water partition coefficient (Wildman–Crippen LogP) is 1.17. The quantitative estimate of drug-likeness (QED) is 0.667. The Morgan fingerprint density at radius 1 is 1.43 bits per heavy atom. The van der Waals surface area contributed by atoms with Gasteiger partial charge in [0.25, 0.3) is 5.91 Å². The Labute approximate surface area is 125 Å². The van der Waals surface area contributed by atoms with Gasteiger partial charge in [-0.1, -0.05) is 11.6 Å². The van der Waals surface area contributed by atoms with E-state index < -0.39 is 23.6 Å². The average Bonchev–Trinajstić information content (AvgIpc) is 2.61. The predicted molar refractivity (Wildman–Crippen MR) is 73.8 cm³/mol. The molecule has 0 saturated carbocycles. The molecule has 1 aliphatic heterocycles. The molecule has 1 aliphatic rings. The number of carbonyl (C=O) groups excluding carboxylic acids is 3. The number of anilines is 1. The van der Waals surface area contributed by atoms with Crippen LogP contribution in [0.2, 0.25) is 5.02 Å². The zero-order valence-corrected chi connectivity index (χ0v) is 12.1. The zero-order valence-electron chi connectivity index (χ0n) is 11.4. The van der Waals surface area contributed by atoms with Crippen LogP contribution in [0.5, 0.6) is 0 Å². The van der Waals surface area contributed by atoms with E-state index in [9.17, 15) is 14.4 Å². The topological polar surface area (TPSA) is 98.9 Å². The van der Waals surface area contributed by atoms with E-state index >= 15 is 0 Å². The van der Waals surface area contributed by atoms with Crippen molar-refractivity contribution in [3.63, 3.8) is 0 Å². The Kier molecular flexibility index (Phi) is 3.78. The highest BCUT2D eigenvalue weighted by molar-refractivity contribution is 6.31. The van der Waals surface area contributed by atoms with Crippen LogP contribution in [-0.2, 0) is 24.7 Å². The number of nitrogens with two attached hydrogens (primary N) is 1. The van der Waals surface area contributed by atoms with Gasteiger partial charge in [-0.25, -0.2) is 9.59 Å². The fourth-order valence-corrected chi connectivity index (χ4v) is 2.44. The van der Waals surface area contributed by atoms with Crippen molar-refractivity contribution in [2.75, 3.05) is 18.6 Å². The van der Waals surface area contributed by atoms with Crippen molar-refractivity contribution in [2.45, 2.75) is 12.5 Å². The highest BCUT2D eigenvalue weighted by Crippen LogP contribution is 2.44. The molecular formula is C13H13ClN2O5. The van der Waals surface area contributed by atoms with Crippen LogP contribution in [0.25, 0.3) is 0 Å². The zero-order chi connectivity index (χ0) is 15.8. The van der Waals surface area contributed by atoms with Gasteiger partial charge < -0.3 is 20.1 Å². The van der Waals surface area contributed by atoms with Crippen LogP contribution in [0, 0.1) is 0 Å². The molecule has 1 aromatic rings. The Balaban J connectivity index is 2.70. The summed E-state index contributed by atoms with van der Waals surface area (Å²) in [5, 5.41) is 0.276. The Morgan fingerprint density at radius 2 is 2.10 bits per heavy atom. The maximum absolute atomic E-state index is 12.5. The third-order valence-corrected chi connectivity index (χ3v) is 3.36. The van der Waals surface area contributed by atoms with Gasteiger partial charge in [-0.3, -0.25) is 4.79 Å². The molecule has 1 aromatic carbocycles. The number of ether oxygens (including phenoxy) is 2. The minimum absolute atomic E-state index is 0.00952. The van der Waals surface area contributed by atoms with Crippen LogP contribution < -0.4 is 10.6 Å². The normalized spacial score (nSPS) is 20.1. The van der Waals surface area contributed by atoms with Crippen molar-refractivity contribution in [3.05, 3.63) is 28.8 Å². The maximum atomic E-state index is 12.5. The van der Waals surface area contributed by atoms with Gasteiger partial charge in [0, 0.05) is 17.6 Å². The van der Waals surface area contributed by atoms with E-state index in [-0.39, 0.29) is 17.2 Å². The first kappa shape index (κ1) is 15.1. The monoisotopic (exact) mass is 312 g/mol. The smallest absolute Gasteiger partial charge is 0.406 e. The molecular weight excluding hydrogens is 300 g/mol. The lowest BCUT2D eigenvalue weighted by Gasteiger charge is -2.24. The van der Waals surface area contributed by atoms with Crippen molar-refractivity contribution in [2.24, 2.45) is 5.73 Å². The van der Waals surface area contributed by atoms with E-state index in [0.29, 0.717) is 5.69 Å². The first-order chi connectivity index (χ1) is 9.84. The molecule has 0 bridgehead atoms. The molecule has 0 aromatic heterocycles. The van der Waals surface area contributed by atoms with Crippen molar-refractivity contribution in [1.82, 2.24) is 0 Å². The number of rotatable bonds is 3. The van der Waals surface area contributed by atoms with Gasteiger partial charge >= 0.3 is 17.7 Å². The number of amides is 2. The minimum atomic E-state index is -2.25. The third-order valence-electron chi connectivity index (χ3n) is 3.12. The summed E-state index contributed by atoms with van der Waals surface area (Å²) in [6.45, 7) is 1.58. The molecule has 21 heavy (non-hydrogen) atoms. The fourth-order valence-electron chi connectivity index (χ4n) is 2.26. The molecule has 0 radical (unpaired) electrons. The summed E-state index contributed by atoms with van der Waals surface area (Å²) >= 11 is 5.91. The van der Waals surface area contributed by atoms with Gasteiger partial charge in [0.2, 0.25) is 0 Å². The van der Waals surface area contributed by atoms with Crippen molar-refractivity contribution >= 4 is 35.3 Å². The summed E-state index contributed by atoms with van der Waals surface area (Å²) in [6.07, 6.45) is -1.27. The number of likely N-dealkylation sites (N-methyl/N-ethyl adjacent to an activating group) is 1. The highest BCUT2D eigenvalue weighted by Gasteiger charge is 2.60. The van der Waals surface area contributed by atoms with E-state index in [1.165, 1.54) is 18.0 Å². The number of esters is 1. The van der Waals surface area contributed by atoms with Gasteiger partial charge in [-0.2, -0.15) is 0 Å². The fraction of sp³-hybridized carbons (Fsp3) is 0.308. The molecule has 7 nitrogen and oxygen atoms in total. The lowest BCUT2D eigenvalue weighted by molar-refractivity contribution is -0.170. The second kappa shape index (κ2) is 5.25. The van der Waals surface area contributed by atoms with Gasteiger partial charge in [0.15, 0.2) is 0 Å². The Hall–Kier alpha value is -2.28. The largest absolute Gasteiger partial charge is 0.462 e. The van der Waals surface area contributed by atoms with E-state index in [1.807, 2.05) is 0 Å². The molecule has 1 unspecified atom stereocenters. The molecule has 8 heteroatoms. The van der Waals surface area contributed by atoms with E-state index in [4.69, 9.17) is 26.8 Å². The van der Waals surface area contributed by atoms with Gasteiger partial charge in [0.1, 0.15) is 0 Å². The molecule has 0 saturated heterocycles. The Morgan fingerprint density at radius 3 is 2.67 bits per heavy atom. The first-order valence-electron chi connectivity index (χ1n) is 6.08. The van der Waals surface area contributed by atoms with E-state index in [0.717, 1.165) is 0 Å². The first-order valence-corrected chi connectivity index (χ1v) is 6.46. The number of nitrogens with zero attached hydrogens (tertiary/aromatic N) is 1. The summed E-state index contributed by atoms with van der Waals surface area (Å²) in [7, 11) is 1.44. The summed E-state index contributed by atoms with van der Waals surface area (Å²) < 4.78 is 9.78. The lowest BCUT2D eigenvalue weighted by atomic mass is 9.95. The molecule has 2 N–H and O–H groups in total. The molecule has 0 fully saturated rings. The van der Waals surface area contributed by atoms with Crippen LogP contribution in [0.15, 0.2) is 18.2 Å². The molecule has 0 aliphatic carbocycles. The Bertz CT molecular complexity index is 633. The van der Waals surface area contributed by atoms with Crippen molar-refractivity contribution < 1.29 is 23.9 Å². The van der Waals surface area contributed by atoms with Crippen LogP contribution >= 0.6 is 11.6 Å². The second-order valence-electron chi connectivity index (χ2n) is 4.35. The number of hydrogen-bond donors (Lipinski definition) is 1. The van der Waals surface area contributed by atoms with Crippen LogP contribution in [0.3, 0.4) is 0 Å². The van der Waals surface area contributed by atoms with Crippen molar-refractivity contribution in [3.8, 4) is 0 Å². The molecule has 2 rings (SSSR count). The number of hydrogen-bond acceptors (Lipinski definition) is 5. The summed E-state index contributed by atoms with van der Waals surface area (Å²) in [5.74, 6) is -1.78. The summed E-state index contributed by atoms with van der Waals surface area (Å²) in [6, 6.07) is 4.47. The van der Waals surface area contributed by atoms with Crippen molar-refractivity contribution in [1.29, 1.82) is 0 Å². The minimum Gasteiger partial charge on any atom is -0.462 e. The molecule has 0 spiro atoms. The van der Waals surface area contributed by atoms with Gasteiger partial charge in [-0.15, -0.1) is 0 Å². The third kappa shape index (κ3) is 2.19.